The summed E-state index contributed by atoms with van der Waals surface area (Å²) in [5.74, 6) is 0.580. The number of benzene rings is 2. The summed E-state index contributed by atoms with van der Waals surface area (Å²) in [5.41, 5.74) is 6.18. The minimum Gasteiger partial charge on any atom is -0.463 e. The quantitative estimate of drug-likeness (QED) is 0.219. The number of ether oxygens (including phenoxy) is 3. The van der Waals surface area contributed by atoms with Crippen molar-refractivity contribution in [2.75, 3.05) is 13.4 Å². The van der Waals surface area contributed by atoms with Crippen LogP contribution in [-0.2, 0) is 9.53 Å². The number of nitriles is 1. The first-order valence-corrected chi connectivity index (χ1v) is 16.7. The maximum absolute atomic E-state index is 14.4. The average molecular weight is 663 g/mol. The van der Waals surface area contributed by atoms with Gasteiger partial charge >= 0.3 is 5.97 Å². The normalized spacial score (nSPS) is 15.4. The highest BCUT2D eigenvalue weighted by Crippen LogP contribution is 2.40. The van der Waals surface area contributed by atoms with Crippen LogP contribution in [0.5, 0.6) is 11.5 Å². The van der Waals surface area contributed by atoms with Crippen LogP contribution in [-0.4, -0.2) is 28.5 Å². The molecular formula is C36H30N4O5S2. The van der Waals surface area contributed by atoms with Crippen molar-refractivity contribution in [3.05, 3.63) is 124 Å². The first kappa shape index (κ1) is 30.5. The fourth-order valence-corrected chi connectivity index (χ4v) is 8.33. The number of nitrogens with zero attached hydrogens (tertiary/aromatic N) is 4. The van der Waals surface area contributed by atoms with Crippen molar-refractivity contribution in [3.8, 4) is 22.6 Å². The zero-order valence-corrected chi connectivity index (χ0v) is 28.0. The van der Waals surface area contributed by atoms with Crippen LogP contribution in [0.4, 0.5) is 0 Å². The Hall–Kier alpha value is -5.18. The third-order valence-electron chi connectivity index (χ3n) is 8.52. The number of fused-ring (bicyclic) bond motifs is 2. The van der Waals surface area contributed by atoms with Crippen LogP contribution < -0.4 is 24.4 Å². The molecule has 1 atom stereocenters. The van der Waals surface area contributed by atoms with Crippen LogP contribution >= 0.6 is 22.7 Å². The lowest BCUT2D eigenvalue weighted by Gasteiger charge is -2.26. The number of thiophene rings is 1. The van der Waals surface area contributed by atoms with Crippen LogP contribution in [0.25, 0.3) is 16.8 Å². The number of carbonyl (C=O) groups excluding carboxylic acids is 1. The first-order valence-electron chi connectivity index (χ1n) is 15.1. The fourth-order valence-electron chi connectivity index (χ4n) is 6.12. The van der Waals surface area contributed by atoms with Gasteiger partial charge in [-0.1, -0.05) is 47.7 Å². The molecule has 5 heterocycles. The van der Waals surface area contributed by atoms with Gasteiger partial charge in [0.1, 0.15) is 11.1 Å². The second kappa shape index (κ2) is 11.9. The largest absolute Gasteiger partial charge is 0.463 e. The number of thiazole rings is 1. The van der Waals surface area contributed by atoms with E-state index >= 15 is 0 Å². The van der Waals surface area contributed by atoms with E-state index in [4.69, 9.17) is 19.2 Å². The van der Waals surface area contributed by atoms with Gasteiger partial charge in [-0.2, -0.15) is 5.26 Å². The molecule has 0 N–H and O–H groups in total. The molecule has 0 saturated heterocycles. The van der Waals surface area contributed by atoms with Gasteiger partial charge in [0.15, 0.2) is 16.3 Å². The Bertz CT molecular complexity index is 2350. The summed E-state index contributed by atoms with van der Waals surface area (Å²) in [4.78, 5) is 34.7. The van der Waals surface area contributed by atoms with Crippen LogP contribution in [0.2, 0.25) is 0 Å². The Morgan fingerprint density at radius 1 is 1.09 bits per heavy atom. The van der Waals surface area contributed by atoms with Crippen LogP contribution in [0.1, 0.15) is 57.0 Å². The van der Waals surface area contributed by atoms with E-state index < -0.39 is 12.0 Å². The van der Waals surface area contributed by atoms with Crippen molar-refractivity contribution in [1.82, 2.24) is 9.13 Å². The van der Waals surface area contributed by atoms with Gasteiger partial charge in [-0.15, -0.1) is 11.3 Å². The lowest BCUT2D eigenvalue weighted by atomic mass is 9.93. The highest BCUT2D eigenvalue weighted by atomic mass is 32.1. The Morgan fingerprint density at radius 3 is 2.60 bits per heavy atom. The van der Waals surface area contributed by atoms with Crippen LogP contribution in [0.15, 0.2) is 70.0 Å². The van der Waals surface area contributed by atoms with Gasteiger partial charge in [0, 0.05) is 21.8 Å². The number of carbonyl (C=O) groups is 1. The van der Waals surface area contributed by atoms with Crippen molar-refractivity contribution >= 4 is 40.4 Å². The number of aryl methyl sites for hydroxylation is 2. The summed E-state index contributed by atoms with van der Waals surface area (Å²) < 4.78 is 20.9. The molecule has 5 aromatic rings. The predicted octanol–water partition coefficient (Wildman–Crippen LogP) is 5.62. The number of hydrogen-bond acceptors (Lipinski definition) is 9. The van der Waals surface area contributed by atoms with E-state index in [-0.39, 0.29) is 24.5 Å². The molecule has 2 aliphatic rings. The van der Waals surface area contributed by atoms with Crippen molar-refractivity contribution in [2.45, 2.75) is 40.7 Å². The van der Waals surface area contributed by atoms with Gasteiger partial charge in [-0.05, 0) is 75.6 Å². The molecule has 3 aromatic heterocycles. The van der Waals surface area contributed by atoms with E-state index in [1.807, 2.05) is 82.3 Å². The molecule has 0 unspecified atom stereocenters. The molecule has 0 aliphatic carbocycles. The van der Waals surface area contributed by atoms with Crippen molar-refractivity contribution in [1.29, 1.82) is 5.26 Å². The minimum atomic E-state index is -0.833. The molecule has 0 bridgehead atoms. The summed E-state index contributed by atoms with van der Waals surface area (Å²) >= 11 is 2.85. The number of hydrogen-bond donors (Lipinski definition) is 0. The lowest BCUT2D eigenvalue weighted by Crippen LogP contribution is -2.40. The topological polar surface area (TPSA) is 108 Å². The maximum atomic E-state index is 14.4. The zero-order valence-electron chi connectivity index (χ0n) is 26.4. The van der Waals surface area contributed by atoms with Gasteiger partial charge in [0.2, 0.25) is 6.79 Å². The molecule has 2 aromatic carbocycles. The molecule has 0 amide bonds. The van der Waals surface area contributed by atoms with E-state index in [0.717, 1.165) is 38.0 Å². The number of esters is 1. The van der Waals surface area contributed by atoms with Gasteiger partial charge in [0.25, 0.3) is 5.56 Å². The highest BCUT2D eigenvalue weighted by molar-refractivity contribution is 7.15. The summed E-state index contributed by atoms with van der Waals surface area (Å²) in [6.07, 6.45) is 1.87. The van der Waals surface area contributed by atoms with E-state index in [1.165, 1.54) is 11.3 Å². The van der Waals surface area contributed by atoms with E-state index in [0.29, 0.717) is 37.7 Å². The third kappa shape index (κ3) is 5.01. The van der Waals surface area contributed by atoms with Gasteiger partial charge in [0.05, 0.1) is 34.0 Å². The molecule has 2 aliphatic heterocycles. The molecule has 236 valence electrons. The molecule has 0 fully saturated rings. The highest BCUT2D eigenvalue weighted by Gasteiger charge is 2.36. The van der Waals surface area contributed by atoms with E-state index in [9.17, 15) is 14.9 Å². The van der Waals surface area contributed by atoms with E-state index in [1.54, 1.807) is 28.9 Å². The van der Waals surface area contributed by atoms with Crippen molar-refractivity contribution in [2.24, 2.45) is 4.99 Å². The standard InChI is InChI=1S/C36H30N4O5S2/c1-6-43-35(42)30-31(23-10-8-7-9-11-23)38-36-40(32(30)24-12-13-27-28(15-24)45-18-44-27)33(41)29(47-36)16-25-14-19(2)39(21(25)4)34-26(17-37)20(3)22(5)46-34/h7-16,32H,6,18H2,1-5H3/b29-16+/t32-/m0/s1. The Balaban J connectivity index is 1.47. The molecule has 0 radical (unpaired) electrons. The fraction of sp³-hybridized carbons (Fsp3) is 0.222. The number of aromatic nitrogens is 2. The molecule has 7 rings (SSSR count). The molecule has 0 saturated carbocycles. The van der Waals surface area contributed by atoms with Crippen molar-refractivity contribution in [3.63, 3.8) is 0 Å². The second-order valence-electron chi connectivity index (χ2n) is 11.3. The Morgan fingerprint density at radius 2 is 1.85 bits per heavy atom. The van der Waals surface area contributed by atoms with Crippen LogP contribution in [0.3, 0.4) is 0 Å². The zero-order chi connectivity index (χ0) is 33.0. The number of rotatable bonds is 6. The summed E-state index contributed by atoms with van der Waals surface area (Å²) in [6, 6.07) is 18.4. The van der Waals surface area contributed by atoms with E-state index in [2.05, 4.69) is 10.6 Å². The first-order chi connectivity index (χ1) is 22.7. The van der Waals surface area contributed by atoms with Gasteiger partial charge in [-0.25, -0.2) is 9.79 Å². The molecular weight excluding hydrogens is 633 g/mol. The SMILES string of the molecule is CCOC(=O)C1=C(c2ccccc2)N=c2s/c(=C/c3cc(C)n(-c4sc(C)c(C)c4C#N)c3C)c(=O)n2[C@H]1c1ccc2c(c1)OCO2. The molecule has 0 spiro atoms. The molecule has 9 nitrogen and oxygen atoms in total. The smallest absolute Gasteiger partial charge is 0.338 e. The predicted molar refractivity (Wildman–Crippen MR) is 181 cm³/mol. The lowest BCUT2D eigenvalue weighted by molar-refractivity contribution is -0.138. The minimum absolute atomic E-state index is 0.0935. The maximum Gasteiger partial charge on any atom is 0.338 e. The monoisotopic (exact) mass is 662 g/mol. The Labute approximate surface area is 278 Å². The van der Waals surface area contributed by atoms with Crippen LogP contribution in [0, 0.1) is 39.0 Å². The second-order valence-corrected chi connectivity index (χ2v) is 13.5. The summed E-state index contributed by atoms with van der Waals surface area (Å²) in [6.45, 7) is 9.98. The van der Waals surface area contributed by atoms with Gasteiger partial charge in [-0.3, -0.25) is 9.36 Å². The average Bonchev–Trinajstić information content (AvgIpc) is 3.81. The van der Waals surface area contributed by atoms with Crippen molar-refractivity contribution < 1.29 is 19.0 Å². The summed E-state index contributed by atoms with van der Waals surface area (Å²) in [7, 11) is 0. The summed E-state index contributed by atoms with van der Waals surface area (Å²) in [5, 5.41) is 10.8. The molecule has 47 heavy (non-hydrogen) atoms. The Kier molecular flexibility index (Phi) is 7.70. The van der Waals surface area contributed by atoms with Gasteiger partial charge < -0.3 is 18.8 Å². The molecule has 11 heteroatoms. The third-order valence-corrected chi connectivity index (χ3v) is 10.7.